The topological polar surface area (TPSA) is 70.1 Å². The van der Waals surface area contributed by atoms with Gasteiger partial charge in [-0.2, -0.15) is 5.10 Å². The lowest BCUT2D eigenvalue weighted by Crippen LogP contribution is -2.09. The van der Waals surface area contributed by atoms with Crippen LogP contribution in [-0.4, -0.2) is 22.4 Å². The number of hydrogen-bond donors (Lipinski definition) is 1. The molecular weight excluding hydrogens is 301 g/mol. The largest absolute Gasteiger partial charge is 0.461 e. The molecule has 0 bridgehead atoms. The van der Waals surface area contributed by atoms with Gasteiger partial charge in [0, 0.05) is 6.20 Å². The molecule has 20 heavy (non-hydrogen) atoms. The number of halogens is 2. The molecule has 1 aromatic carbocycles. The molecule has 0 fully saturated rings. The average Bonchev–Trinajstić information content (AvgIpc) is 2.75. The van der Waals surface area contributed by atoms with E-state index in [1.807, 2.05) is 6.07 Å². The Kier molecular flexibility index (Phi) is 4.52. The smallest absolute Gasteiger partial charge is 0.361 e. The maximum atomic E-state index is 11.6. The highest BCUT2D eigenvalue weighted by Crippen LogP contribution is 2.23. The monoisotopic (exact) mass is 313 g/mol. The van der Waals surface area contributed by atoms with E-state index in [2.05, 4.69) is 5.10 Å². The Morgan fingerprint density at radius 1 is 1.40 bits per heavy atom. The van der Waals surface area contributed by atoms with Crippen LogP contribution in [0.2, 0.25) is 10.0 Å². The zero-order valence-corrected chi connectivity index (χ0v) is 12.3. The van der Waals surface area contributed by atoms with Crippen LogP contribution in [0.25, 0.3) is 0 Å². The Bertz CT molecular complexity index is 641. The first-order valence-corrected chi connectivity index (χ1v) is 6.70. The van der Waals surface area contributed by atoms with E-state index >= 15 is 0 Å². The normalized spacial score (nSPS) is 10.6. The summed E-state index contributed by atoms with van der Waals surface area (Å²) in [4.78, 5) is 11.6. The Labute approximate surface area is 126 Å². The minimum absolute atomic E-state index is 0.118. The van der Waals surface area contributed by atoms with Crippen molar-refractivity contribution >= 4 is 34.9 Å². The van der Waals surface area contributed by atoms with Gasteiger partial charge in [0.25, 0.3) is 0 Å². The molecule has 2 rings (SSSR count). The number of rotatable bonds is 4. The molecule has 0 aliphatic carbocycles. The van der Waals surface area contributed by atoms with Crippen LogP contribution in [-0.2, 0) is 11.3 Å². The molecule has 7 heteroatoms. The number of carbonyl (C=O) groups excluding carboxylic acids is 1. The fraction of sp³-hybridized carbons (Fsp3) is 0.231. The highest BCUT2D eigenvalue weighted by molar-refractivity contribution is 6.42. The number of ether oxygens (including phenoxy) is 1. The van der Waals surface area contributed by atoms with Crippen molar-refractivity contribution in [2.24, 2.45) is 0 Å². The SMILES string of the molecule is CCOC(=O)c1nn(Cc2ccc(Cl)c(Cl)c2)cc1N. The molecule has 2 N–H and O–H groups in total. The van der Waals surface area contributed by atoms with Crippen LogP contribution in [0, 0.1) is 0 Å². The highest BCUT2D eigenvalue weighted by Gasteiger charge is 2.16. The van der Waals surface area contributed by atoms with Gasteiger partial charge in [-0.15, -0.1) is 0 Å². The fourth-order valence-corrected chi connectivity index (χ4v) is 2.02. The van der Waals surface area contributed by atoms with Gasteiger partial charge in [0.05, 0.1) is 28.9 Å². The third-order valence-electron chi connectivity index (χ3n) is 2.59. The maximum Gasteiger partial charge on any atom is 0.361 e. The van der Waals surface area contributed by atoms with Crippen LogP contribution in [0.4, 0.5) is 5.69 Å². The zero-order valence-electron chi connectivity index (χ0n) is 10.8. The van der Waals surface area contributed by atoms with Gasteiger partial charge >= 0.3 is 5.97 Å². The van der Waals surface area contributed by atoms with Gasteiger partial charge in [0.2, 0.25) is 0 Å². The van der Waals surface area contributed by atoms with Crippen LogP contribution in [0.1, 0.15) is 23.0 Å². The van der Waals surface area contributed by atoms with Crippen LogP contribution in [0.3, 0.4) is 0 Å². The van der Waals surface area contributed by atoms with E-state index in [0.29, 0.717) is 16.6 Å². The Morgan fingerprint density at radius 3 is 2.80 bits per heavy atom. The van der Waals surface area contributed by atoms with E-state index in [9.17, 15) is 4.79 Å². The predicted molar refractivity (Wildman–Crippen MR) is 78.2 cm³/mol. The molecule has 1 heterocycles. The Morgan fingerprint density at radius 2 is 2.15 bits per heavy atom. The molecule has 0 spiro atoms. The second kappa shape index (κ2) is 6.15. The van der Waals surface area contributed by atoms with Gasteiger partial charge in [-0.1, -0.05) is 29.3 Å². The summed E-state index contributed by atoms with van der Waals surface area (Å²) < 4.78 is 6.43. The number of aromatic nitrogens is 2. The molecular formula is C13H13Cl2N3O2. The van der Waals surface area contributed by atoms with E-state index in [0.717, 1.165) is 5.56 Å². The molecule has 0 atom stereocenters. The first kappa shape index (κ1) is 14.7. The van der Waals surface area contributed by atoms with Crippen LogP contribution < -0.4 is 5.73 Å². The lowest BCUT2D eigenvalue weighted by atomic mass is 10.2. The molecule has 1 aromatic heterocycles. The van der Waals surface area contributed by atoms with Crippen molar-refractivity contribution in [3.05, 3.63) is 45.7 Å². The van der Waals surface area contributed by atoms with Gasteiger partial charge in [-0.05, 0) is 24.6 Å². The number of nitrogens with zero attached hydrogens (tertiary/aromatic N) is 2. The number of nitrogen functional groups attached to an aromatic ring is 1. The van der Waals surface area contributed by atoms with Crippen molar-refractivity contribution in [2.45, 2.75) is 13.5 Å². The molecule has 0 aliphatic heterocycles. The molecule has 0 radical (unpaired) electrons. The summed E-state index contributed by atoms with van der Waals surface area (Å²) in [6.07, 6.45) is 1.58. The van der Waals surface area contributed by atoms with Gasteiger partial charge in [0.15, 0.2) is 5.69 Å². The van der Waals surface area contributed by atoms with E-state index < -0.39 is 5.97 Å². The first-order chi connectivity index (χ1) is 9.51. The van der Waals surface area contributed by atoms with Crippen molar-refractivity contribution in [3.63, 3.8) is 0 Å². The van der Waals surface area contributed by atoms with E-state index in [1.165, 1.54) is 0 Å². The molecule has 5 nitrogen and oxygen atoms in total. The summed E-state index contributed by atoms with van der Waals surface area (Å²) in [7, 11) is 0. The second-order valence-corrected chi connectivity index (χ2v) is 4.91. The van der Waals surface area contributed by atoms with Gasteiger partial charge < -0.3 is 10.5 Å². The molecule has 0 aliphatic rings. The first-order valence-electron chi connectivity index (χ1n) is 5.95. The summed E-state index contributed by atoms with van der Waals surface area (Å²) in [6, 6.07) is 5.28. The van der Waals surface area contributed by atoms with Crippen molar-refractivity contribution in [2.75, 3.05) is 12.3 Å². The van der Waals surface area contributed by atoms with E-state index in [-0.39, 0.29) is 18.0 Å². The van der Waals surface area contributed by atoms with Crippen molar-refractivity contribution in [1.29, 1.82) is 0 Å². The summed E-state index contributed by atoms with van der Waals surface area (Å²) in [5.41, 5.74) is 7.05. The zero-order chi connectivity index (χ0) is 14.7. The van der Waals surface area contributed by atoms with Crippen molar-refractivity contribution in [3.8, 4) is 0 Å². The fourth-order valence-electron chi connectivity index (χ4n) is 1.70. The quantitative estimate of drug-likeness (QED) is 0.881. The molecule has 0 saturated heterocycles. The summed E-state index contributed by atoms with van der Waals surface area (Å²) >= 11 is 11.8. The van der Waals surface area contributed by atoms with Gasteiger partial charge in [-0.3, -0.25) is 4.68 Å². The number of carbonyl (C=O) groups is 1. The lowest BCUT2D eigenvalue weighted by Gasteiger charge is -2.03. The summed E-state index contributed by atoms with van der Waals surface area (Å²) in [6.45, 7) is 2.43. The van der Waals surface area contributed by atoms with Crippen LogP contribution in [0.15, 0.2) is 24.4 Å². The number of benzene rings is 1. The summed E-state index contributed by atoms with van der Waals surface area (Å²) in [5.74, 6) is -0.530. The van der Waals surface area contributed by atoms with E-state index in [4.69, 9.17) is 33.7 Å². The number of nitrogens with two attached hydrogens (primary N) is 1. The second-order valence-electron chi connectivity index (χ2n) is 4.10. The Balaban J connectivity index is 2.20. The number of hydrogen-bond acceptors (Lipinski definition) is 4. The third-order valence-corrected chi connectivity index (χ3v) is 3.33. The number of anilines is 1. The van der Waals surface area contributed by atoms with Crippen molar-refractivity contribution in [1.82, 2.24) is 9.78 Å². The molecule has 0 saturated carbocycles. The van der Waals surface area contributed by atoms with Crippen molar-refractivity contribution < 1.29 is 9.53 Å². The molecule has 0 amide bonds. The maximum absolute atomic E-state index is 11.6. The average molecular weight is 314 g/mol. The van der Waals surface area contributed by atoms with Crippen LogP contribution >= 0.6 is 23.2 Å². The highest BCUT2D eigenvalue weighted by atomic mass is 35.5. The minimum atomic E-state index is -0.530. The molecule has 2 aromatic rings. The Hall–Kier alpha value is -1.72. The number of esters is 1. The predicted octanol–water partition coefficient (Wildman–Crippen LogP) is 3.00. The summed E-state index contributed by atoms with van der Waals surface area (Å²) in [5, 5.41) is 5.07. The lowest BCUT2D eigenvalue weighted by molar-refractivity contribution is 0.0519. The van der Waals surface area contributed by atoms with Gasteiger partial charge in [-0.25, -0.2) is 4.79 Å². The third kappa shape index (κ3) is 3.23. The molecule has 106 valence electrons. The van der Waals surface area contributed by atoms with Gasteiger partial charge in [0.1, 0.15) is 0 Å². The van der Waals surface area contributed by atoms with E-state index in [1.54, 1.807) is 29.9 Å². The minimum Gasteiger partial charge on any atom is -0.461 e. The standard InChI is InChI=1S/C13H13Cl2N3O2/c1-2-20-13(19)12-11(16)7-18(17-12)6-8-3-4-9(14)10(15)5-8/h3-5,7H,2,6,16H2,1H3. The van der Waals surface area contributed by atoms with Crippen LogP contribution in [0.5, 0.6) is 0 Å². The molecule has 0 unspecified atom stereocenters.